The smallest absolute Gasteiger partial charge is 0.265 e. The van der Waals surface area contributed by atoms with E-state index in [9.17, 15) is 4.79 Å². The lowest BCUT2D eigenvalue weighted by Crippen LogP contribution is -2.41. The lowest BCUT2D eigenvalue weighted by Gasteiger charge is -2.33. The van der Waals surface area contributed by atoms with E-state index in [2.05, 4.69) is 17.2 Å². The SMILES string of the molecule is Cc1cc(C)n([C@H]2CCCN(C(=O)c3sccc3C#N)C2)n1. The fraction of sp³-hybridized carbons (Fsp3) is 0.438. The second-order valence-corrected chi connectivity index (χ2v) is 6.61. The maximum atomic E-state index is 12.7. The molecule has 2 aromatic heterocycles. The second kappa shape index (κ2) is 5.93. The first-order valence-electron chi connectivity index (χ1n) is 7.39. The maximum absolute atomic E-state index is 12.7. The molecule has 114 valence electrons. The zero-order chi connectivity index (χ0) is 15.7. The first kappa shape index (κ1) is 14.8. The molecule has 0 unspecified atom stereocenters. The molecule has 1 fully saturated rings. The second-order valence-electron chi connectivity index (χ2n) is 5.69. The first-order chi connectivity index (χ1) is 10.6. The Morgan fingerprint density at radius 3 is 3.00 bits per heavy atom. The molecule has 2 aromatic rings. The standard InChI is InChI=1S/C16H18N4OS/c1-11-8-12(2)20(18-11)14-4-3-6-19(10-14)16(21)15-13(9-17)5-7-22-15/h5,7-8,14H,3-4,6,10H2,1-2H3/t14-/m0/s1. The van der Waals surface area contributed by atoms with Crippen molar-refractivity contribution in [3.05, 3.63) is 39.3 Å². The summed E-state index contributed by atoms with van der Waals surface area (Å²) in [5.41, 5.74) is 2.61. The van der Waals surface area contributed by atoms with E-state index in [0.29, 0.717) is 17.0 Å². The molecular formula is C16H18N4OS. The van der Waals surface area contributed by atoms with Crippen LogP contribution in [0.4, 0.5) is 0 Å². The summed E-state index contributed by atoms with van der Waals surface area (Å²) in [6.45, 7) is 5.44. The molecule has 0 spiro atoms. The third kappa shape index (κ3) is 2.64. The number of hydrogen-bond acceptors (Lipinski definition) is 4. The number of rotatable bonds is 2. The minimum atomic E-state index is -0.0298. The van der Waals surface area contributed by atoms with E-state index in [-0.39, 0.29) is 11.9 Å². The zero-order valence-corrected chi connectivity index (χ0v) is 13.6. The predicted molar refractivity (Wildman–Crippen MR) is 84.9 cm³/mol. The third-order valence-electron chi connectivity index (χ3n) is 4.05. The highest BCUT2D eigenvalue weighted by molar-refractivity contribution is 7.12. The van der Waals surface area contributed by atoms with Gasteiger partial charge in [-0.3, -0.25) is 9.48 Å². The van der Waals surface area contributed by atoms with Crippen LogP contribution in [-0.2, 0) is 0 Å². The van der Waals surface area contributed by atoms with Crippen LogP contribution >= 0.6 is 11.3 Å². The number of aryl methyl sites for hydroxylation is 2. The fourth-order valence-corrected chi connectivity index (χ4v) is 3.87. The lowest BCUT2D eigenvalue weighted by molar-refractivity contribution is 0.0676. The lowest BCUT2D eigenvalue weighted by atomic mass is 10.1. The molecule has 22 heavy (non-hydrogen) atoms. The van der Waals surface area contributed by atoms with Crippen LogP contribution < -0.4 is 0 Å². The topological polar surface area (TPSA) is 61.9 Å². The van der Waals surface area contributed by atoms with Crippen LogP contribution in [-0.4, -0.2) is 33.7 Å². The maximum Gasteiger partial charge on any atom is 0.265 e. The zero-order valence-electron chi connectivity index (χ0n) is 12.7. The minimum Gasteiger partial charge on any atom is -0.336 e. The number of hydrogen-bond donors (Lipinski definition) is 0. The van der Waals surface area contributed by atoms with E-state index >= 15 is 0 Å². The summed E-state index contributed by atoms with van der Waals surface area (Å²) in [7, 11) is 0. The summed E-state index contributed by atoms with van der Waals surface area (Å²) in [6, 6.07) is 6.09. The van der Waals surface area contributed by atoms with Crippen molar-refractivity contribution in [1.29, 1.82) is 5.26 Å². The Hall–Kier alpha value is -2.13. The number of nitrogens with zero attached hydrogens (tertiary/aromatic N) is 4. The Morgan fingerprint density at radius 1 is 1.50 bits per heavy atom. The van der Waals surface area contributed by atoms with Gasteiger partial charge in [0.2, 0.25) is 0 Å². The number of piperidine rings is 1. The van der Waals surface area contributed by atoms with Crippen molar-refractivity contribution < 1.29 is 4.79 Å². The molecule has 3 heterocycles. The summed E-state index contributed by atoms with van der Waals surface area (Å²) < 4.78 is 2.04. The molecule has 5 nitrogen and oxygen atoms in total. The Balaban J connectivity index is 1.80. The molecule has 1 atom stereocenters. The van der Waals surface area contributed by atoms with Gasteiger partial charge in [0.25, 0.3) is 5.91 Å². The number of carbonyl (C=O) groups excluding carboxylic acids is 1. The van der Waals surface area contributed by atoms with Crippen LogP contribution in [0.5, 0.6) is 0 Å². The fourth-order valence-electron chi connectivity index (χ4n) is 3.06. The van der Waals surface area contributed by atoms with Crippen molar-refractivity contribution in [2.45, 2.75) is 32.7 Å². The highest BCUT2D eigenvalue weighted by Crippen LogP contribution is 2.26. The van der Waals surface area contributed by atoms with E-state index in [1.807, 2.05) is 23.4 Å². The molecule has 0 aromatic carbocycles. The molecule has 0 bridgehead atoms. The van der Waals surface area contributed by atoms with Gasteiger partial charge in [-0.05, 0) is 44.2 Å². The number of carbonyl (C=O) groups is 1. The first-order valence-corrected chi connectivity index (χ1v) is 8.27. The van der Waals surface area contributed by atoms with Gasteiger partial charge in [0.05, 0.1) is 17.3 Å². The molecule has 3 rings (SSSR count). The van der Waals surface area contributed by atoms with E-state index in [0.717, 1.165) is 30.8 Å². The van der Waals surface area contributed by atoms with Crippen molar-refractivity contribution in [2.75, 3.05) is 13.1 Å². The van der Waals surface area contributed by atoms with E-state index in [1.54, 1.807) is 11.4 Å². The number of likely N-dealkylation sites (tertiary alicyclic amines) is 1. The molecule has 1 aliphatic heterocycles. The average molecular weight is 314 g/mol. The van der Waals surface area contributed by atoms with Gasteiger partial charge in [-0.1, -0.05) is 0 Å². The molecule has 1 saturated heterocycles. The molecule has 0 N–H and O–H groups in total. The van der Waals surface area contributed by atoms with Crippen LogP contribution in [0, 0.1) is 25.2 Å². The molecule has 0 aliphatic carbocycles. The largest absolute Gasteiger partial charge is 0.336 e. The van der Waals surface area contributed by atoms with Crippen molar-refractivity contribution >= 4 is 17.2 Å². The van der Waals surface area contributed by atoms with Gasteiger partial charge < -0.3 is 4.90 Å². The van der Waals surface area contributed by atoms with E-state index in [4.69, 9.17) is 5.26 Å². The Bertz CT molecular complexity index is 740. The number of aromatic nitrogens is 2. The minimum absolute atomic E-state index is 0.0298. The van der Waals surface area contributed by atoms with Crippen molar-refractivity contribution in [2.24, 2.45) is 0 Å². The summed E-state index contributed by atoms with van der Waals surface area (Å²) >= 11 is 1.34. The van der Waals surface area contributed by atoms with Crippen LogP contribution in [0.25, 0.3) is 0 Å². The van der Waals surface area contributed by atoms with Crippen LogP contribution in [0.1, 0.15) is 45.5 Å². The quantitative estimate of drug-likeness (QED) is 0.856. The third-order valence-corrected chi connectivity index (χ3v) is 4.96. The summed E-state index contributed by atoms with van der Waals surface area (Å²) in [6.07, 6.45) is 1.99. The molecule has 1 amide bonds. The Labute approximate surface area is 133 Å². The number of amides is 1. The molecule has 1 aliphatic rings. The van der Waals surface area contributed by atoms with Gasteiger partial charge in [0, 0.05) is 18.8 Å². The monoisotopic (exact) mass is 314 g/mol. The number of thiophene rings is 1. The van der Waals surface area contributed by atoms with Crippen LogP contribution in [0.3, 0.4) is 0 Å². The van der Waals surface area contributed by atoms with Crippen molar-refractivity contribution in [1.82, 2.24) is 14.7 Å². The highest BCUT2D eigenvalue weighted by Gasteiger charge is 2.28. The summed E-state index contributed by atoms with van der Waals surface area (Å²) in [4.78, 5) is 15.1. The summed E-state index contributed by atoms with van der Waals surface area (Å²) in [5.74, 6) is -0.0298. The van der Waals surface area contributed by atoms with Gasteiger partial charge in [0.15, 0.2) is 0 Å². The van der Waals surface area contributed by atoms with Gasteiger partial charge >= 0.3 is 0 Å². The molecular weight excluding hydrogens is 296 g/mol. The van der Waals surface area contributed by atoms with Gasteiger partial charge in [-0.2, -0.15) is 10.4 Å². The van der Waals surface area contributed by atoms with Gasteiger partial charge in [0.1, 0.15) is 10.9 Å². The van der Waals surface area contributed by atoms with Gasteiger partial charge in [-0.25, -0.2) is 0 Å². The molecule has 6 heteroatoms. The number of nitriles is 1. The normalized spacial score (nSPS) is 18.2. The summed E-state index contributed by atoms with van der Waals surface area (Å²) in [5, 5.41) is 15.4. The van der Waals surface area contributed by atoms with Crippen LogP contribution in [0.15, 0.2) is 17.5 Å². The Morgan fingerprint density at radius 2 is 2.32 bits per heavy atom. The highest BCUT2D eigenvalue weighted by atomic mass is 32.1. The average Bonchev–Trinajstić information content (AvgIpc) is 3.12. The predicted octanol–water partition coefficient (Wildman–Crippen LogP) is 2.91. The van der Waals surface area contributed by atoms with E-state index < -0.39 is 0 Å². The van der Waals surface area contributed by atoms with Crippen molar-refractivity contribution in [3.63, 3.8) is 0 Å². The molecule has 0 radical (unpaired) electrons. The van der Waals surface area contributed by atoms with Crippen molar-refractivity contribution in [3.8, 4) is 6.07 Å². The Kier molecular flexibility index (Phi) is 3.99. The molecule has 0 saturated carbocycles. The van der Waals surface area contributed by atoms with E-state index in [1.165, 1.54) is 11.3 Å². The van der Waals surface area contributed by atoms with Gasteiger partial charge in [-0.15, -0.1) is 11.3 Å². The van der Waals surface area contributed by atoms with Crippen LogP contribution in [0.2, 0.25) is 0 Å².